The predicted molar refractivity (Wildman–Crippen MR) is 83.0 cm³/mol. The van der Waals surface area contributed by atoms with Crippen LogP contribution in [0.2, 0.25) is 10.0 Å². The maximum absolute atomic E-state index is 6.40. The second-order valence-electron chi connectivity index (χ2n) is 5.14. The Morgan fingerprint density at radius 2 is 2.15 bits per heavy atom. The number of likely N-dealkylation sites (N-methyl/N-ethyl adjacent to an activating group) is 1. The topological polar surface area (TPSA) is 30.5 Å². The van der Waals surface area contributed by atoms with Gasteiger partial charge in [0.05, 0.1) is 24.3 Å². The van der Waals surface area contributed by atoms with Crippen LogP contribution in [0, 0.1) is 5.92 Å². The lowest BCUT2D eigenvalue weighted by atomic mass is 9.92. The summed E-state index contributed by atoms with van der Waals surface area (Å²) in [7, 11) is 1.58. The highest BCUT2D eigenvalue weighted by Gasteiger charge is 2.34. The zero-order valence-electron chi connectivity index (χ0n) is 12.1. The first kappa shape index (κ1) is 15.9. The molecule has 1 aliphatic rings. The van der Waals surface area contributed by atoms with E-state index in [-0.39, 0.29) is 12.1 Å². The molecule has 1 saturated heterocycles. The van der Waals surface area contributed by atoms with Crippen LogP contribution in [0.25, 0.3) is 0 Å². The normalized spacial score (nSPS) is 23.9. The molecule has 5 heteroatoms. The highest BCUT2D eigenvalue weighted by molar-refractivity contribution is 6.34. The minimum atomic E-state index is 0.0495. The monoisotopic (exact) mass is 317 g/mol. The zero-order chi connectivity index (χ0) is 14.7. The molecule has 3 unspecified atom stereocenters. The quantitative estimate of drug-likeness (QED) is 0.887. The van der Waals surface area contributed by atoms with Crippen molar-refractivity contribution in [3.05, 3.63) is 27.7 Å². The summed E-state index contributed by atoms with van der Waals surface area (Å²) in [5, 5.41) is 4.69. The smallest absolute Gasteiger partial charge is 0.138 e. The van der Waals surface area contributed by atoms with Gasteiger partial charge in [-0.3, -0.25) is 0 Å². The number of methoxy groups -OCH3 is 1. The van der Waals surface area contributed by atoms with E-state index in [1.807, 2.05) is 6.07 Å². The van der Waals surface area contributed by atoms with Crippen LogP contribution in [0.3, 0.4) is 0 Å². The number of halogens is 2. The molecule has 0 bridgehead atoms. The summed E-state index contributed by atoms with van der Waals surface area (Å²) in [6.07, 6.45) is 1.20. The van der Waals surface area contributed by atoms with Gasteiger partial charge in [-0.05, 0) is 30.5 Å². The Kier molecular flexibility index (Phi) is 5.56. The summed E-state index contributed by atoms with van der Waals surface area (Å²) in [4.78, 5) is 0. The van der Waals surface area contributed by atoms with Crippen LogP contribution in [-0.2, 0) is 4.74 Å². The fourth-order valence-electron chi connectivity index (χ4n) is 2.71. The van der Waals surface area contributed by atoms with Crippen molar-refractivity contribution in [3.63, 3.8) is 0 Å². The first-order chi connectivity index (χ1) is 9.58. The van der Waals surface area contributed by atoms with Gasteiger partial charge in [0.2, 0.25) is 0 Å². The highest BCUT2D eigenvalue weighted by atomic mass is 35.5. The Morgan fingerprint density at radius 3 is 2.70 bits per heavy atom. The summed E-state index contributed by atoms with van der Waals surface area (Å²) >= 11 is 12.6. The number of benzene rings is 1. The number of hydrogen-bond acceptors (Lipinski definition) is 3. The van der Waals surface area contributed by atoms with Crippen molar-refractivity contribution >= 4 is 23.2 Å². The Bertz CT molecular complexity index is 467. The lowest BCUT2D eigenvalue weighted by molar-refractivity contribution is 0.0612. The van der Waals surface area contributed by atoms with Gasteiger partial charge in [-0.15, -0.1) is 0 Å². The third-order valence-corrected chi connectivity index (χ3v) is 4.43. The van der Waals surface area contributed by atoms with Crippen molar-refractivity contribution in [2.24, 2.45) is 5.92 Å². The second kappa shape index (κ2) is 6.99. The van der Waals surface area contributed by atoms with Gasteiger partial charge in [0.15, 0.2) is 0 Å². The molecular formula is C15H21Cl2NO2. The van der Waals surface area contributed by atoms with Gasteiger partial charge in [-0.2, -0.15) is 0 Å². The second-order valence-corrected chi connectivity index (χ2v) is 5.96. The molecule has 1 fully saturated rings. The highest BCUT2D eigenvalue weighted by Crippen LogP contribution is 2.38. The molecule has 0 amide bonds. The Labute approximate surface area is 130 Å². The fraction of sp³-hybridized carbons (Fsp3) is 0.600. The summed E-state index contributed by atoms with van der Waals surface area (Å²) in [5.41, 5.74) is 0.970. The molecule has 0 aliphatic carbocycles. The van der Waals surface area contributed by atoms with Crippen LogP contribution in [-0.4, -0.2) is 26.4 Å². The van der Waals surface area contributed by atoms with Gasteiger partial charge in [-0.1, -0.05) is 37.0 Å². The van der Waals surface area contributed by atoms with Gasteiger partial charge in [0, 0.05) is 17.7 Å². The summed E-state index contributed by atoms with van der Waals surface area (Å²) in [6.45, 7) is 5.93. The van der Waals surface area contributed by atoms with Crippen molar-refractivity contribution in [3.8, 4) is 5.75 Å². The maximum atomic E-state index is 6.40. The average molecular weight is 318 g/mol. The van der Waals surface area contributed by atoms with Crippen molar-refractivity contribution in [1.29, 1.82) is 0 Å². The molecule has 0 aromatic heterocycles. The van der Waals surface area contributed by atoms with Crippen LogP contribution in [0.5, 0.6) is 5.75 Å². The van der Waals surface area contributed by atoms with Gasteiger partial charge in [0.25, 0.3) is 0 Å². The minimum Gasteiger partial charge on any atom is -0.495 e. The number of ether oxygens (including phenoxy) is 2. The van der Waals surface area contributed by atoms with E-state index in [9.17, 15) is 0 Å². The number of nitrogens with one attached hydrogen (secondary N) is 1. The molecule has 3 nitrogen and oxygen atoms in total. The maximum Gasteiger partial charge on any atom is 0.138 e. The first-order valence-corrected chi connectivity index (χ1v) is 7.72. The van der Waals surface area contributed by atoms with E-state index in [0.29, 0.717) is 21.7 Å². The van der Waals surface area contributed by atoms with E-state index in [1.165, 1.54) is 0 Å². The van der Waals surface area contributed by atoms with Crippen molar-refractivity contribution in [2.75, 3.05) is 20.3 Å². The summed E-state index contributed by atoms with van der Waals surface area (Å²) < 4.78 is 11.1. The van der Waals surface area contributed by atoms with Crippen LogP contribution >= 0.6 is 23.2 Å². The molecule has 20 heavy (non-hydrogen) atoms. The fourth-order valence-corrected chi connectivity index (χ4v) is 3.23. The Hall–Kier alpha value is -0.480. The van der Waals surface area contributed by atoms with E-state index in [4.69, 9.17) is 32.7 Å². The third kappa shape index (κ3) is 3.22. The van der Waals surface area contributed by atoms with E-state index < -0.39 is 0 Å². The Balaban J connectivity index is 2.36. The molecule has 0 saturated carbocycles. The molecule has 112 valence electrons. The standard InChI is InChI=1S/C15H21Cl2NO2/c1-4-18-14(15-9(2)5-6-20-15)10-7-12(17)13(19-3)8-11(10)16/h7-9,14-15,18H,4-6H2,1-3H3. The largest absolute Gasteiger partial charge is 0.495 e. The van der Waals surface area contributed by atoms with Gasteiger partial charge in [0.1, 0.15) is 5.75 Å². The predicted octanol–water partition coefficient (Wildman–Crippen LogP) is 4.08. The third-order valence-electron chi connectivity index (χ3n) is 3.80. The molecule has 0 radical (unpaired) electrons. The van der Waals surface area contributed by atoms with Crippen molar-refractivity contribution < 1.29 is 9.47 Å². The molecule has 3 atom stereocenters. The lowest BCUT2D eigenvalue weighted by Gasteiger charge is -2.28. The zero-order valence-corrected chi connectivity index (χ0v) is 13.6. The molecule has 1 aromatic rings. The Morgan fingerprint density at radius 1 is 1.40 bits per heavy atom. The molecule has 2 rings (SSSR count). The first-order valence-electron chi connectivity index (χ1n) is 6.96. The van der Waals surface area contributed by atoms with Crippen LogP contribution in [0.4, 0.5) is 0 Å². The van der Waals surface area contributed by atoms with E-state index in [1.54, 1.807) is 13.2 Å². The van der Waals surface area contributed by atoms with E-state index in [2.05, 4.69) is 19.2 Å². The lowest BCUT2D eigenvalue weighted by Crippen LogP contribution is -2.34. The SMILES string of the molecule is CCNC(c1cc(Cl)c(OC)cc1Cl)C1OCCC1C. The molecule has 1 aliphatic heterocycles. The van der Waals surface area contributed by atoms with Crippen molar-refractivity contribution in [2.45, 2.75) is 32.4 Å². The molecule has 1 aromatic carbocycles. The minimum absolute atomic E-state index is 0.0495. The average Bonchev–Trinajstić information content (AvgIpc) is 2.84. The van der Waals surface area contributed by atoms with Crippen molar-refractivity contribution in [1.82, 2.24) is 5.32 Å². The molecule has 1 N–H and O–H groups in total. The summed E-state index contributed by atoms with van der Waals surface area (Å²) in [6, 6.07) is 3.70. The van der Waals surface area contributed by atoms with E-state index >= 15 is 0 Å². The van der Waals surface area contributed by atoms with Gasteiger partial charge >= 0.3 is 0 Å². The molecular weight excluding hydrogens is 297 g/mol. The van der Waals surface area contributed by atoms with E-state index in [0.717, 1.165) is 25.1 Å². The molecule has 1 heterocycles. The molecule has 0 spiro atoms. The number of hydrogen-bond donors (Lipinski definition) is 1. The summed E-state index contributed by atoms with van der Waals surface area (Å²) in [5.74, 6) is 1.09. The van der Waals surface area contributed by atoms with Gasteiger partial charge in [-0.25, -0.2) is 0 Å². The van der Waals surface area contributed by atoms with Crippen LogP contribution in [0.15, 0.2) is 12.1 Å². The number of rotatable bonds is 5. The van der Waals surface area contributed by atoms with Gasteiger partial charge < -0.3 is 14.8 Å². The van der Waals surface area contributed by atoms with Crippen LogP contribution in [0.1, 0.15) is 31.9 Å². The van der Waals surface area contributed by atoms with Crippen LogP contribution < -0.4 is 10.1 Å².